The number of sulfone groups is 1. The second kappa shape index (κ2) is 9.45. The van der Waals surface area contributed by atoms with E-state index in [9.17, 15) is 18.0 Å². The van der Waals surface area contributed by atoms with Gasteiger partial charge in [-0.15, -0.1) is 0 Å². The molecule has 0 N–H and O–H groups in total. The van der Waals surface area contributed by atoms with E-state index in [0.29, 0.717) is 10.8 Å². The van der Waals surface area contributed by atoms with E-state index in [0.717, 1.165) is 5.56 Å². The number of carbonyl (C=O) groups excluding carboxylic acids is 2. The summed E-state index contributed by atoms with van der Waals surface area (Å²) in [4.78, 5) is 26.1. The molecule has 0 amide bonds. The molecule has 0 aliphatic carbocycles. The Morgan fingerprint density at radius 1 is 0.871 bits per heavy atom. The molecule has 5 nitrogen and oxygen atoms in total. The summed E-state index contributed by atoms with van der Waals surface area (Å²) < 4.78 is 31.9. The third-order valence-corrected chi connectivity index (χ3v) is 7.24. The van der Waals surface area contributed by atoms with Gasteiger partial charge in [-0.1, -0.05) is 29.3 Å². The van der Waals surface area contributed by atoms with Gasteiger partial charge in [0, 0.05) is 22.6 Å². The molecule has 160 valence electrons. The van der Waals surface area contributed by atoms with Crippen molar-refractivity contribution in [3.05, 3.63) is 94.5 Å². The van der Waals surface area contributed by atoms with Crippen LogP contribution in [-0.2, 0) is 9.84 Å². The van der Waals surface area contributed by atoms with Gasteiger partial charge < -0.3 is 4.74 Å². The minimum absolute atomic E-state index is 0.00568. The summed E-state index contributed by atoms with van der Waals surface area (Å²) in [5, 5.41) is -1.11. The number of ether oxygens (including phenoxy) is 1. The van der Waals surface area contributed by atoms with Crippen molar-refractivity contribution in [3.8, 4) is 5.75 Å². The maximum atomic E-state index is 13.4. The molecule has 0 bridgehead atoms. The van der Waals surface area contributed by atoms with E-state index in [2.05, 4.69) is 0 Å². The molecular weight excluding hydrogens is 436 g/mol. The number of methoxy groups -OCH3 is 1. The lowest BCUT2D eigenvalue weighted by Gasteiger charge is -2.17. The fraction of sp³-hybridized carbons (Fsp3) is 0.167. The highest BCUT2D eigenvalue weighted by Crippen LogP contribution is 2.25. The summed E-state index contributed by atoms with van der Waals surface area (Å²) in [7, 11) is -2.63. The Hall–Kier alpha value is -2.96. The Morgan fingerprint density at radius 3 is 1.97 bits per heavy atom. The van der Waals surface area contributed by atoms with Crippen molar-refractivity contribution in [2.24, 2.45) is 0 Å². The number of Topliss-reactive ketones (excluding diaryl/α,β-unsaturated/α-hetero) is 2. The summed E-state index contributed by atoms with van der Waals surface area (Å²) in [6.07, 6.45) is -0.483. The van der Waals surface area contributed by atoms with Crippen LogP contribution in [0.1, 0.15) is 32.7 Å². The topological polar surface area (TPSA) is 77.5 Å². The maximum absolute atomic E-state index is 13.4. The molecular formula is C24H21ClO5S. The first-order valence-electron chi connectivity index (χ1n) is 9.50. The summed E-state index contributed by atoms with van der Waals surface area (Å²) in [6, 6.07) is 18.5. The molecule has 31 heavy (non-hydrogen) atoms. The number of halogens is 1. The molecule has 3 aromatic carbocycles. The van der Waals surface area contributed by atoms with Gasteiger partial charge in [0.25, 0.3) is 0 Å². The van der Waals surface area contributed by atoms with Crippen LogP contribution in [0.3, 0.4) is 0 Å². The van der Waals surface area contributed by atoms with Gasteiger partial charge in [0.1, 0.15) is 11.0 Å². The first-order valence-corrected chi connectivity index (χ1v) is 11.4. The first kappa shape index (κ1) is 22.7. The highest BCUT2D eigenvalue weighted by Gasteiger charge is 2.36. The second-order valence-electron chi connectivity index (χ2n) is 7.07. The summed E-state index contributed by atoms with van der Waals surface area (Å²) >= 11 is 5.87. The monoisotopic (exact) mass is 456 g/mol. The molecule has 0 heterocycles. The molecule has 0 aliphatic rings. The van der Waals surface area contributed by atoms with Gasteiger partial charge >= 0.3 is 0 Å². The van der Waals surface area contributed by atoms with Gasteiger partial charge in [-0.25, -0.2) is 8.42 Å². The predicted octanol–water partition coefficient (Wildman–Crippen LogP) is 4.96. The largest absolute Gasteiger partial charge is 0.497 e. The van der Waals surface area contributed by atoms with Crippen LogP contribution < -0.4 is 4.74 Å². The third kappa shape index (κ3) is 5.21. The summed E-state index contributed by atoms with van der Waals surface area (Å²) in [5.41, 5.74) is 1.36. The fourth-order valence-corrected chi connectivity index (χ4v) is 4.86. The number of aryl methyl sites for hydroxylation is 1. The number of benzene rings is 3. The van der Waals surface area contributed by atoms with Crippen LogP contribution in [0.5, 0.6) is 5.75 Å². The van der Waals surface area contributed by atoms with Crippen LogP contribution in [0.2, 0.25) is 5.02 Å². The standard InChI is InChI=1S/C24H21ClO5S/c1-16-3-13-21(14-4-16)31(28,29)23(15-22(26)17-5-9-19(25)10-6-17)24(27)18-7-11-20(30-2)12-8-18/h3-14,23H,15H2,1-2H3/t23-/m0/s1. The Bertz CT molecular complexity index is 1180. The lowest BCUT2D eigenvalue weighted by Crippen LogP contribution is -2.33. The molecule has 0 aromatic heterocycles. The van der Waals surface area contributed by atoms with Crippen molar-refractivity contribution in [3.63, 3.8) is 0 Å². The normalized spacial score (nSPS) is 12.2. The molecule has 7 heteroatoms. The van der Waals surface area contributed by atoms with Gasteiger partial charge in [-0.3, -0.25) is 9.59 Å². The van der Waals surface area contributed by atoms with E-state index in [1.807, 2.05) is 6.92 Å². The summed E-state index contributed by atoms with van der Waals surface area (Å²) in [5.74, 6) is -0.573. The van der Waals surface area contributed by atoms with Gasteiger partial charge in [-0.2, -0.15) is 0 Å². The van der Waals surface area contributed by atoms with Crippen molar-refractivity contribution in [2.75, 3.05) is 7.11 Å². The molecule has 3 aromatic rings. The quantitative estimate of drug-likeness (QED) is 0.448. The van der Waals surface area contributed by atoms with Gasteiger partial charge in [0.15, 0.2) is 21.4 Å². The zero-order chi connectivity index (χ0) is 22.6. The molecule has 0 fully saturated rings. The van der Waals surface area contributed by atoms with E-state index < -0.39 is 33.1 Å². The van der Waals surface area contributed by atoms with E-state index in [1.165, 1.54) is 43.5 Å². The lowest BCUT2D eigenvalue weighted by molar-refractivity contribution is 0.0920. The number of carbonyl (C=O) groups is 2. The zero-order valence-electron chi connectivity index (χ0n) is 17.0. The minimum atomic E-state index is -4.12. The Labute approximate surface area is 186 Å². The highest BCUT2D eigenvalue weighted by molar-refractivity contribution is 7.92. The Morgan fingerprint density at radius 2 is 1.42 bits per heavy atom. The number of rotatable bonds is 8. The average molecular weight is 457 g/mol. The summed E-state index contributed by atoms with van der Waals surface area (Å²) in [6.45, 7) is 1.83. The van der Waals surface area contributed by atoms with Crippen molar-refractivity contribution in [1.82, 2.24) is 0 Å². The van der Waals surface area contributed by atoms with Crippen LogP contribution in [0.15, 0.2) is 77.7 Å². The number of hydrogen-bond acceptors (Lipinski definition) is 5. The van der Waals surface area contributed by atoms with Crippen molar-refractivity contribution >= 4 is 33.0 Å². The van der Waals surface area contributed by atoms with Crippen LogP contribution in [-0.4, -0.2) is 32.3 Å². The molecule has 0 aliphatic heterocycles. The number of hydrogen-bond donors (Lipinski definition) is 0. The minimum Gasteiger partial charge on any atom is -0.497 e. The fourth-order valence-electron chi connectivity index (χ4n) is 3.10. The third-order valence-electron chi connectivity index (χ3n) is 4.93. The smallest absolute Gasteiger partial charge is 0.189 e. The van der Waals surface area contributed by atoms with Crippen LogP contribution in [0, 0.1) is 6.92 Å². The van der Waals surface area contributed by atoms with Crippen molar-refractivity contribution in [1.29, 1.82) is 0 Å². The Balaban J connectivity index is 2.01. The van der Waals surface area contributed by atoms with Crippen molar-refractivity contribution in [2.45, 2.75) is 23.5 Å². The lowest BCUT2D eigenvalue weighted by atomic mass is 10.0. The molecule has 1 atom stereocenters. The van der Waals surface area contributed by atoms with Crippen molar-refractivity contribution < 1.29 is 22.7 Å². The Kier molecular flexibility index (Phi) is 6.93. The SMILES string of the molecule is COc1ccc(C(=O)[C@H](CC(=O)c2ccc(Cl)cc2)S(=O)(=O)c2ccc(C)cc2)cc1. The highest BCUT2D eigenvalue weighted by atomic mass is 35.5. The molecule has 0 unspecified atom stereocenters. The van der Waals surface area contributed by atoms with Crippen LogP contribution in [0.4, 0.5) is 0 Å². The number of ketones is 2. The van der Waals surface area contributed by atoms with Gasteiger partial charge in [0.05, 0.1) is 12.0 Å². The van der Waals surface area contributed by atoms with Crippen LogP contribution >= 0.6 is 11.6 Å². The maximum Gasteiger partial charge on any atom is 0.189 e. The van der Waals surface area contributed by atoms with Crippen LogP contribution in [0.25, 0.3) is 0 Å². The first-order chi connectivity index (χ1) is 14.7. The van der Waals surface area contributed by atoms with E-state index in [1.54, 1.807) is 36.4 Å². The molecule has 3 rings (SSSR count). The molecule has 0 radical (unpaired) electrons. The molecule has 0 saturated heterocycles. The second-order valence-corrected chi connectivity index (χ2v) is 9.64. The van der Waals surface area contributed by atoms with Gasteiger partial charge in [-0.05, 0) is 67.6 Å². The van der Waals surface area contributed by atoms with Gasteiger partial charge in [0.2, 0.25) is 0 Å². The molecule has 0 saturated carbocycles. The van der Waals surface area contributed by atoms with E-state index in [4.69, 9.17) is 16.3 Å². The van der Waals surface area contributed by atoms with E-state index in [-0.39, 0.29) is 16.0 Å². The predicted molar refractivity (Wildman–Crippen MR) is 120 cm³/mol. The molecule has 0 spiro atoms. The average Bonchev–Trinajstić information content (AvgIpc) is 2.77. The zero-order valence-corrected chi connectivity index (χ0v) is 18.6. The van der Waals surface area contributed by atoms with E-state index >= 15 is 0 Å².